The zero-order chi connectivity index (χ0) is 8.39. The molecule has 0 aliphatic heterocycles. The van der Waals surface area contributed by atoms with Gasteiger partial charge in [-0.2, -0.15) is 0 Å². The van der Waals surface area contributed by atoms with E-state index in [4.69, 9.17) is 0 Å². The van der Waals surface area contributed by atoms with E-state index in [0.29, 0.717) is 4.22 Å². The summed E-state index contributed by atoms with van der Waals surface area (Å²) in [7, 11) is 0. The number of rotatable bonds is 2. The van der Waals surface area contributed by atoms with Gasteiger partial charge in [-0.1, -0.05) is 0 Å². The molecule has 0 saturated heterocycles. The molecule has 0 unspecified atom stereocenters. The first-order valence-electron chi connectivity index (χ1n) is 4.30. The average Bonchev–Trinajstić information content (AvgIpc) is 2.77. The van der Waals surface area contributed by atoms with Crippen molar-refractivity contribution in [3.05, 3.63) is 47.6 Å². The molecule has 13 heavy (non-hydrogen) atoms. The van der Waals surface area contributed by atoms with Crippen LogP contribution in [0.25, 0.3) is 0 Å². The topological polar surface area (TPSA) is 0 Å². The Kier molecular flexibility index (Phi) is 4.44. The van der Waals surface area contributed by atoms with Crippen LogP contribution in [0.3, 0.4) is 0 Å². The summed E-state index contributed by atoms with van der Waals surface area (Å²) in [4.78, 5) is 0. The Morgan fingerprint density at radius 1 is 1.00 bits per heavy atom. The van der Waals surface area contributed by atoms with Crippen LogP contribution in [-0.4, -0.2) is 0 Å². The third-order valence-electron chi connectivity index (χ3n) is 2.34. The van der Waals surface area contributed by atoms with Crippen molar-refractivity contribution in [1.29, 1.82) is 0 Å². The van der Waals surface area contributed by atoms with Crippen LogP contribution < -0.4 is 0 Å². The van der Waals surface area contributed by atoms with E-state index in [1.807, 2.05) is 0 Å². The quantitative estimate of drug-likeness (QED) is 0.673. The Bertz CT molecular complexity index is 267. The molecule has 2 rings (SSSR count). The number of hydrogen-bond donors (Lipinski definition) is 0. The second-order valence-electron chi connectivity index (χ2n) is 3.18. The fourth-order valence-corrected chi connectivity index (χ4v) is 2.26. The third-order valence-corrected chi connectivity index (χ3v) is 3.50. The van der Waals surface area contributed by atoms with Crippen molar-refractivity contribution in [2.24, 2.45) is 0 Å². The SMILES string of the molecule is Br.[Ti][CH](C1=CC=CC1)C1=CC=CC1. The van der Waals surface area contributed by atoms with Crippen LogP contribution in [0, 0.1) is 0 Å². The molecule has 0 N–H and O–H groups in total. The van der Waals surface area contributed by atoms with Gasteiger partial charge in [-0.25, -0.2) is 0 Å². The van der Waals surface area contributed by atoms with E-state index in [9.17, 15) is 0 Å². The zero-order valence-electron chi connectivity index (χ0n) is 7.36. The summed E-state index contributed by atoms with van der Waals surface area (Å²) >= 11 is 2.30. The Labute approximate surface area is 102 Å². The van der Waals surface area contributed by atoms with Crippen molar-refractivity contribution in [3.63, 3.8) is 0 Å². The summed E-state index contributed by atoms with van der Waals surface area (Å²) in [6.07, 6.45) is 15.6. The molecule has 2 heteroatoms. The summed E-state index contributed by atoms with van der Waals surface area (Å²) in [6.45, 7) is 0. The van der Waals surface area contributed by atoms with Crippen LogP contribution in [0.4, 0.5) is 0 Å². The monoisotopic (exact) mass is 271 g/mol. The molecule has 0 heterocycles. The predicted molar refractivity (Wildman–Crippen MR) is 57.8 cm³/mol. The first kappa shape index (κ1) is 11.2. The van der Waals surface area contributed by atoms with Gasteiger partial charge in [0.1, 0.15) is 0 Å². The van der Waals surface area contributed by atoms with Crippen LogP contribution in [0.2, 0.25) is 4.22 Å². The van der Waals surface area contributed by atoms with Crippen molar-refractivity contribution >= 4 is 17.0 Å². The van der Waals surface area contributed by atoms with E-state index < -0.39 is 0 Å². The van der Waals surface area contributed by atoms with E-state index >= 15 is 0 Å². The fourth-order valence-electron chi connectivity index (χ4n) is 1.59. The Balaban J connectivity index is 0.000000845. The van der Waals surface area contributed by atoms with Crippen molar-refractivity contribution in [2.45, 2.75) is 17.1 Å². The number of allylic oxidation sites excluding steroid dienone is 8. The summed E-state index contributed by atoms with van der Waals surface area (Å²) in [5.41, 5.74) is 3.12. The maximum absolute atomic E-state index is 2.30. The van der Waals surface area contributed by atoms with Gasteiger partial charge in [-0.15, -0.1) is 17.0 Å². The van der Waals surface area contributed by atoms with Crippen molar-refractivity contribution in [1.82, 2.24) is 0 Å². The average molecular weight is 272 g/mol. The van der Waals surface area contributed by atoms with E-state index in [1.165, 1.54) is 0 Å². The molecule has 0 atom stereocenters. The molecule has 0 aromatic rings. The standard InChI is InChI=1S/C11H11.BrH.Ti/c1-2-6-10(5-1)9-11-7-3-4-8-11;;/h1-5,7,9H,6,8H2;1H;. The second-order valence-corrected chi connectivity index (χ2v) is 4.08. The van der Waals surface area contributed by atoms with Gasteiger partial charge in [0.05, 0.1) is 0 Å². The van der Waals surface area contributed by atoms with Gasteiger partial charge in [0.15, 0.2) is 0 Å². The molecule has 2 aliphatic rings. The maximum atomic E-state index is 2.30. The molecular formula is C11H12BrTi. The molecule has 0 fully saturated rings. The van der Waals surface area contributed by atoms with Gasteiger partial charge in [-0.05, 0) is 0 Å². The molecule has 2 aliphatic carbocycles. The molecule has 0 bridgehead atoms. The number of halogens is 1. The number of hydrogen-bond acceptors (Lipinski definition) is 0. The third kappa shape index (κ3) is 2.55. The minimum absolute atomic E-state index is 0. The predicted octanol–water partition coefficient (Wildman–Crippen LogP) is 3.67. The van der Waals surface area contributed by atoms with Crippen LogP contribution >= 0.6 is 17.0 Å². The van der Waals surface area contributed by atoms with Crippen molar-refractivity contribution in [2.75, 3.05) is 0 Å². The zero-order valence-corrected chi connectivity index (χ0v) is 10.6. The second kappa shape index (κ2) is 5.14. The molecule has 0 radical (unpaired) electrons. The molecule has 0 nitrogen and oxygen atoms in total. The molecule has 0 amide bonds. The first-order valence-corrected chi connectivity index (χ1v) is 5.20. The molecule has 0 spiro atoms. The van der Waals surface area contributed by atoms with Gasteiger partial charge >= 0.3 is 85.1 Å². The Hall–Kier alpha value is 0.154. The van der Waals surface area contributed by atoms with Crippen LogP contribution in [0.1, 0.15) is 12.8 Å². The van der Waals surface area contributed by atoms with Gasteiger partial charge in [-0.3, -0.25) is 0 Å². The molecule has 0 aromatic carbocycles. The van der Waals surface area contributed by atoms with E-state index in [-0.39, 0.29) is 17.0 Å². The molecular weight excluding hydrogens is 260 g/mol. The summed E-state index contributed by atoms with van der Waals surface area (Å²) < 4.78 is 0.648. The van der Waals surface area contributed by atoms with Crippen LogP contribution in [-0.2, 0) is 20.4 Å². The van der Waals surface area contributed by atoms with Gasteiger partial charge in [0, 0.05) is 0 Å². The van der Waals surface area contributed by atoms with E-state index in [2.05, 4.69) is 56.9 Å². The van der Waals surface area contributed by atoms with Gasteiger partial charge in [0.2, 0.25) is 0 Å². The van der Waals surface area contributed by atoms with Gasteiger partial charge in [0.25, 0.3) is 0 Å². The molecule has 67 valence electrons. The summed E-state index contributed by atoms with van der Waals surface area (Å²) in [5, 5.41) is 0. The van der Waals surface area contributed by atoms with E-state index in [0.717, 1.165) is 12.8 Å². The summed E-state index contributed by atoms with van der Waals surface area (Å²) in [6, 6.07) is 0. The minimum atomic E-state index is 0. The fraction of sp³-hybridized carbons (Fsp3) is 0.273. The van der Waals surface area contributed by atoms with Crippen molar-refractivity contribution in [3.8, 4) is 0 Å². The molecule has 0 aromatic heterocycles. The molecule has 0 saturated carbocycles. The van der Waals surface area contributed by atoms with Crippen molar-refractivity contribution < 1.29 is 20.4 Å². The first-order chi connectivity index (χ1) is 5.88. The Morgan fingerprint density at radius 2 is 1.46 bits per heavy atom. The normalized spacial score (nSPS) is 18.8. The summed E-state index contributed by atoms with van der Waals surface area (Å²) in [5.74, 6) is 0. The Morgan fingerprint density at radius 3 is 1.77 bits per heavy atom. The van der Waals surface area contributed by atoms with Crippen LogP contribution in [0.5, 0.6) is 0 Å². The van der Waals surface area contributed by atoms with E-state index in [1.54, 1.807) is 11.1 Å². The van der Waals surface area contributed by atoms with Gasteiger partial charge < -0.3 is 0 Å². The van der Waals surface area contributed by atoms with Crippen LogP contribution in [0.15, 0.2) is 47.6 Å².